The fourth-order valence-corrected chi connectivity index (χ4v) is 7.89. The monoisotopic (exact) mass is 516 g/mol. The molecule has 0 N–H and O–H groups in total. The number of benzene rings is 4. The third kappa shape index (κ3) is 3.21. The summed E-state index contributed by atoms with van der Waals surface area (Å²) in [7, 11) is -7.64. The second-order valence-corrected chi connectivity index (χ2v) is 13.1. The molecule has 0 amide bonds. The summed E-state index contributed by atoms with van der Waals surface area (Å²) in [6.07, 6.45) is 1.57. The van der Waals surface area contributed by atoms with Gasteiger partial charge in [0.05, 0.1) is 27.5 Å². The van der Waals surface area contributed by atoms with Crippen LogP contribution in [0.2, 0.25) is 0 Å². The number of hydrogen-bond donors (Lipinski definition) is 0. The Labute approximate surface area is 210 Å². The molecule has 0 saturated heterocycles. The molecule has 0 saturated carbocycles. The van der Waals surface area contributed by atoms with Crippen LogP contribution in [0, 0.1) is 20.8 Å². The van der Waals surface area contributed by atoms with Crippen LogP contribution in [0.15, 0.2) is 88.8 Å². The van der Waals surface area contributed by atoms with Gasteiger partial charge >= 0.3 is 0 Å². The maximum atomic E-state index is 13.7. The van der Waals surface area contributed by atoms with Crippen LogP contribution < -0.4 is 4.31 Å². The zero-order chi connectivity index (χ0) is 25.4. The summed E-state index contributed by atoms with van der Waals surface area (Å²) in [5.74, 6) is 0. The Kier molecular flexibility index (Phi) is 4.87. The molecule has 0 radical (unpaired) electrons. The van der Waals surface area contributed by atoms with Crippen LogP contribution in [0.3, 0.4) is 0 Å². The summed E-state index contributed by atoms with van der Waals surface area (Å²) < 4.78 is 57.2. The average Bonchev–Trinajstić information content (AvgIpc) is 3.45. The van der Waals surface area contributed by atoms with Gasteiger partial charge in [0.25, 0.3) is 20.0 Å². The van der Waals surface area contributed by atoms with Crippen molar-refractivity contribution in [3.05, 3.63) is 101 Å². The van der Waals surface area contributed by atoms with Crippen molar-refractivity contribution in [2.75, 3.05) is 4.31 Å². The highest BCUT2D eigenvalue weighted by atomic mass is 32.2. The van der Waals surface area contributed by atoms with E-state index >= 15 is 0 Å². The molecule has 1 aliphatic heterocycles. The molecule has 2 heterocycles. The number of aromatic nitrogens is 1. The minimum atomic E-state index is -3.83. The first-order valence-corrected chi connectivity index (χ1v) is 14.4. The normalized spacial score (nSPS) is 13.7. The Hall–Kier alpha value is -3.62. The van der Waals surface area contributed by atoms with Gasteiger partial charge in [-0.25, -0.2) is 20.8 Å². The standard InChI is InChI=1S/C28H24N2O4S2/c1-18-4-9-22(10-5-18)35(31,32)29-15-14-24-25-13-8-20(3)28-27(25)21(16-26(24)29)17-30(28)36(33,34)23-11-6-19(2)7-12-23/h4-16H,17H2,1-3H3. The highest BCUT2D eigenvalue weighted by Gasteiger charge is 2.34. The van der Waals surface area contributed by atoms with E-state index in [1.165, 1.54) is 8.28 Å². The number of hydrogen-bond acceptors (Lipinski definition) is 4. The molecule has 0 bridgehead atoms. The highest BCUT2D eigenvalue weighted by molar-refractivity contribution is 7.92. The molecular weight excluding hydrogens is 492 g/mol. The molecule has 182 valence electrons. The Balaban J connectivity index is 1.56. The van der Waals surface area contributed by atoms with Gasteiger partial charge in [-0.05, 0) is 73.7 Å². The van der Waals surface area contributed by atoms with Crippen molar-refractivity contribution in [2.45, 2.75) is 37.1 Å². The molecule has 0 aliphatic carbocycles. The van der Waals surface area contributed by atoms with E-state index in [2.05, 4.69) is 0 Å². The van der Waals surface area contributed by atoms with Gasteiger partial charge in [-0.15, -0.1) is 0 Å². The lowest BCUT2D eigenvalue weighted by Crippen LogP contribution is -2.28. The number of anilines is 1. The lowest BCUT2D eigenvalue weighted by Gasteiger charge is -2.21. The van der Waals surface area contributed by atoms with Crippen LogP contribution in [-0.4, -0.2) is 20.8 Å². The lowest BCUT2D eigenvalue weighted by atomic mass is 10.00. The molecule has 8 heteroatoms. The average molecular weight is 517 g/mol. The van der Waals surface area contributed by atoms with E-state index in [1.54, 1.807) is 60.8 Å². The van der Waals surface area contributed by atoms with E-state index in [9.17, 15) is 16.8 Å². The molecule has 36 heavy (non-hydrogen) atoms. The number of fused-ring (bicyclic) bond motifs is 2. The quantitative estimate of drug-likeness (QED) is 0.309. The Morgan fingerprint density at radius 1 is 0.667 bits per heavy atom. The van der Waals surface area contributed by atoms with Crippen LogP contribution in [-0.2, 0) is 26.6 Å². The predicted octanol–water partition coefficient (Wildman–Crippen LogP) is 5.67. The molecule has 0 spiro atoms. The van der Waals surface area contributed by atoms with E-state index in [0.29, 0.717) is 11.2 Å². The summed E-state index contributed by atoms with van der Waals surface area (Å²) in [5, 5.41) is 2.45. The minimum absolute atomic E-state index is 0.137. The first kappa shape index (κ1) is 22.8. The summed E-state index contributed by atoms with van der Waals surface area (Å²) in [4.78, 5) is 0.434. The molecule has 0 unspecified atom stereocenters. The fourth-order valence-electron chi connectivity index (χ4n) is 5.03. The van der Waals surface area contributed by atoms with Crippen LogP contribution in [0.25, 0.3) is 21.7 Å². The number of rotatable bonds is 4. The van der Waals surface area contributed by atoms with Gasteiger partial charge in [0.1, 0.15) is 0 Å². The van der Waals surface area contributed by atoms with E-state index in [-0.39, 0.29) is 16.3 Å². The topological polar surface area (TPSA) is 76.5 Å². The number of nitrogens with zero attached hydrogens (tertiary/aromatic N) is 2. The van der Waals surface area contributed by atoms with Crippen LogP contribution >= 0.6 is 0 Å². The first-order valence-electron chi connectivity index (χ1n) is 11.6. The lowest BCUT2D eigenvalue weighted by molar-refractivity contribution is 0.588. The number of aryl methyl sites for hydroxylation is 3. The SMILES string of the molecule is Cc1ccc(S(=O)(=O)N2Cc3cc4c(ccn4S(=O)(=O)c4ccc(C)cc4)c4ccc(C)c2c34)cc1. The number of sulfonamides is 1. The smallest absolute Gasteiger partial charge is 0.261 e. The Morgan fingerprint density at radius 3 is 1.86 bits per heavy atom. The summed E-state index contributed by atoms with van der Waals surface area (Å²) in [6, 6.07) is 21.0. The van der Waals surface area contributed by atoms with Crippen LogP contribution in [0.5, 0.6) is 0 Å². The van der Waals surface area contributed by atoms with Crippen LogP contribution in [0.4, 0.5) is 5.69 Å². The predicted molar refractivity (Wildman–Crippen MR) is 142 cm³/mol. The molecule has 6 rings (SSSR count). The maximum Gasteiger partial charge on any atom is 0.268 e. The maximum absolute atomic E-state index is 13.7. The van der Waals surface area contributed by atoms with Gasteiger partial charge in [0, 0.05) is 17.0 Å². The van der Waals surface area contributed by atoms with Crippen molar-refractivity contribution in [1.29, 1.82) is 0 Å². The molecular formula is C28H24N2O4S2. The largest absolute Gasteiger partial charge is 0.268 e. The van der Waals surface area contributed by atoms with Crippen molar-refractivity contribution in [1.82, 2.24) is 3.97 Å². The van der Waals surface area contributed by atoms with Crippen molar-refractivity contribution < 1.29 is 16.8 Å². The van der Waals surface area contributed by atoms with Gasteiger partial charge in [0.15, 0.2) is 0 Å². The van der Waals surface area contributed by atoms with Gasteiger partial charge < -0.3 is 0 Å². The summed E-state index contributed by atoms with van der Waals surface area (Å²) in [5.41, 5.74) is 4.77. The van der Waals surface area contributed by atoms with Crippen molar-refractivity contribution in [2.24, 2.45) is 0 Å². The van der Waals surface area contributed by atoms with E-state index in [1.807, 2.05) is 39.0 Å². The molecule has 4 aromatic carbocycles. The van der Waals surface area contributed by atoms with Crippen molar-refractivity contribution >= 4 is 47.4 Å². The fraction of sp³-hybridized carbons (Fsp3) is 0.143. The second kappa shape index (κ2) is 7.69. The molecule has 5 aromatic rings. The third-order valence-corrected chi connectivity index (χ3v) is 10.4. The molecule has 0 atom stereocenters. The molecule has 0 fully saturated rings. The summed E-state index contributed by atoms with van der Waals surface area (Å²) >= 11 is 0. The van der Waals surface area contributed by atoms with E-state index in [0.717, 1.165) is 38.4 Å². The zero-order valence-electron chi connectivity index (χ0n) is 20.1. The molecule has 1 aromatic heterocycles. The van der Waals surface area contributed by atoms with Gasteiger partial charge in [-0.3, -0.25) is 4.31 Å². The molecule has 6 nitrogen and oxygen atoms in total. The molecule has 1 aliphatic rings. The van der Waals surface area contributed by atoms with Gasteiger partial charge in [-0.2, -0.15) is 0 Å². The summed E-state index contributed by atoms with van der Waals surface area (Å²) in [6.45, 7) is 5.86. The Bertz CT molecular complexity index is 1900. The van der Waals surface area contributed by atoms with E-state index < -0.39 is 20.0 Å². The van der Waals surface area contributed by atoms with Crippen molar-refractivity contribution in [3.63, 3.8) is 0 Å². The zero-order valence-corrected chi connectivity index (χ0v) is 21.7. The van der Waals surface area contributed by atoms with Crippen LogP contribution in [0.1, 0.15) is 22.3 Å². The van der Waals surface area contributed by atoms with Crippen molar-refractivity contribution in [3.8, 4) is 0 Å². The van der Waals surface area contributed by atoms with E-state index in [4.69, 9.17) is 0 Å². The Morgan fingerprint density at radius 2 is 1.25 bits per heavy atom. The highest BCUT2D eigenvalue weighted by Crippen LogP contribution is 2.45. The first-order chi connectivity index (χ1) is 17.1. The van der Waals surface area contributed by atoms with Gasteiger partial charge in [-0.1, -0.05) is 47.5 Å². The van der Waals surface area contributed by atoms with Gasteiger partial charge in [0.2, 0.25) is 0 Å². The minimum Gasteiger partial charge on any atom is -0.261 e. The third-order valence-electron chi connectivity index (χ3n) is 6.94. The second-order valence-electron chi connectivity index (χ2n) is 9.38.